The predicted octanol–water partition coefficient (Wildman–Crippen LogP) is 4.57. The first-order valence-electron chi connectivity index (χ1n) is 9.48. The second-order valence-corrected chi connectivity index (χ2v) is 7.00. The third-order valence-electron chi connectivity index (χ3n) is 4.48. The van der Waals surface area contributed by atoms with Gasteiger partial charge in [-0.25, -0.2) is 9.82 Å². The van der Waals surface area contributed by atoms with E-state index in [0.717, 1.165) is 6.07 Å². The van der Waals surface area contributed by atoms with Crippen LogP contribution in [0.15, 0.2) is 59.7 Å². The molecule has 0 unspecified atom stereocenters. The first kappa shape index (κ1) is 23.3. The summed E-state index contributed by atoms with van der Waals surface area (Å²) in [5.41, 5.74) is 3.75. The lowest BCUT2D eigenvalue weighted by atomic mass is 10.1. The van der Waals surface area contributed by atoms with Crippen molar-refractivity contribution in [1.29, 1.82) is 10.5 Å². The molecule has 0 aromatic heterocycles. The van der Waals surface area contributed by atoms with Gasteiger partial charge in [-0.15, -0.1) is 0 Å². The van der Waals surface area contributed by atoms with Crippen LogP contribution in [0, 0.1) is 28.5 Å². The van der Waals surface area contributed by atoms with Crippen LogP contribution >= 0.6 is 11.6 Å². The van der Waals surface area contributed by atoms with Gasteiger partial charge in [0, 0.05) is 5.56 Å². The Morgan fingerprint density at radius 2 is 1.97 bits per heavy atom. The summed E-state index contributed by atoms with van der Waals surface area (Å²) in [7, 11) is 1.44. The summed E-state index contributed by atoms with van der Waals surface area (Å²) in [6.07, 6.45) is 1.31. The number of amides is 1. The number of halogens is 2. The van der Waals surface area contributed by atoms with Gasteiger partial charge in [-0.2, -0.15) is 15.6 Å². The van der Waals surface area contributed by atoms with E-state index in [1.54, 1.807) is 42.5 Å². The average Bonchev–Trinajstić information content (AvgIpc) is 2.82. The number of ether oxygens (including phenoxy) is 2. The van der Waals surface area contributed by atoms with Crippen molar-refractivity contribution in [2.24, 2.45) is 5.10 Å². The number of carbonyl (C=O) groups excluding carboxylic acids is 1. The van der Waals surface area contributed by atoms with E-state index in [1.165, 1.54) is 25.5 Å². The fourth-order valence-electron chi connectivity index (χ4n) is 2.85. The number of carbonyl (C=O) groups is 1. The molecule has 0 aliphatic carbocycles. The van der Waals surface area contributed by atoms with Gasteiger partial charge in [0.15, 0.2) is 11.5 Å². The van der Waals surface area contributed by atoms with Crippen molar-refractivity contribution in [2.45, 2.75) is 6.61 Å². The van der Waals surface area contributed by atoms with E-state index in [4.69, 9.17) is 26.3 Å². The van der Waals surface area contributed by atoms with Crippen molar-refractivity contribution in [1.82, 2.24) is 5.43 Å². The Bertz CT molecular complexity index is 1310. The summed E-state index contributed by atoms with van der Waals surface area (Å²) in [5, 5.41) is 22.0. The highest BCUT2D eigenvalue weighted by Crippen LogP contribution is 2.36. The van der Waals surface area contributed by atoms with Gasteiger partial charge < -0.3 is 9.47 Å². The zero-order valence-corrected chi connectivity index (χ0v) is 18.1. The second kappa shape index (κ2) is 10.8. The van der Waals surface area contributed by atoms with E-state index in [9.17, 15) is 14.4 Å². The fraction of sp³-hybridized carbons (Fsp3) is 0.0833. The van der Waals surface area contributed by atoms with Gasteiger partial charge in [0.2, 0.25) is 0 Å². The molecule has 3 aromatic rings. The summed E-state index contributed by atoms with van der Waals surface area (Å²) in [6.45, 7) is 0.111. The van der Waals surface area contributed by atoms with E-state index in [-0.39, 0.29) is 28.5 Å². The maximum absolute atomic E-state index is 13.9. The molecule has 0 aliphatic heterocycles. The molecule has 33 heavy (non-hydrogen) atoms. The highest BCUT2D eigenvalue weighted by molar-refractivity contribution is 6.32. The summed E-state index contributed by atoms with van der Waals surface area (Å²) < 4.78 is 25.1. The average molecular weight is 463 g/mol. The Morgan fingerprint density at radius 1 is 1.18 bits per heavy atom. The molecule has 1 N–H and O–H groups in total. The van der Waals surface area contributed by atoms with Gasteiger partial charge in [0.05, 0.1) is 47.2 Å². The first-order valence-corrected chi connectivity index (χ1v) is 9.86. The molecule has 0 spiro atoms. The number of hydrazone groups is 1. The van der Waals surface area contributed by atoms with Crippen molar-refractivity contribution < 1.29 is 18.7 Å². The van der Waals surface area contributed by atoms with Crippen LogP contribution < -0.4 is 14.9 Å². The Labute approximate surface area is 194 Å². The molecule has 0 aliphatic rings. The van der Waals surface area contributed by atoms with Gasteiger partial charge in [-0.05, 0) is 42.0 Å². The molecular weight excluding hydrogens is 447 g/mol. The van der Waals surface area contributed by atoms with E-state index in [2.05, 4.69) is 16.6 Å². The number of rotatable bonds is 7. The van der Waals surface area contributed by atoms with Crippen LogP contribution in [0.25, 0.3) is 0 Å². The van der Waals surface area contributed by atoms with Crippen molar-refractivity contribution >= 4 is 23.7 Å². The van der Waals surface area contributed by atoms with Crippen molar-refractivity contribution in [2.75, 3.05) is 7.11 Å². The molecule has 0 saturated carbocycles. The monoisotopic (exact) mass is 462 g/mol. The van der Waals surface area contributed by atoms with Gasteiger partial charge in [0.1, 0.15) is 12.4 Å². The quantitative estimate of drug-likeness (QED) is 0.408. The highest BCUT2D eigenvalue weighted by atomic mass is 35.5. The zero-order valence-electron chi connectivity index (χ0n) is 17.3. The number of hydrogen-bond acceptors (Lipinski definition) is 6. The second-order valence-electron chi connectivity index (χ2n) is 6.60. The molecule has 0 bridgehead atoms. The van der Waals surface area contributed by atoms with Gasteiger partial charge >= 0.3 is 0 Å². The molecule has 0 atom stereocenters. The molecule has 0 saturated heterocycles. The molecule has 1 amide bonds. The van der Waals surface area contributed by atoms with E-state index >= 15 is 0 Å². The molecule has 3 aromatic carbocycles. The summed E-state index contributed by atoms with van der Waals surface area (Å²) in [6, 6.07) is 17.6. The number of nitriles is 2. The third kappa shape index (κ3) is 5.65. The van der Waals surface area contributed by atoms with Crippen molar-refractivity contribution in [3.8, 4) is 23.6 Å². The van der Waals surface area contributed by atoms with E-state index in [0.29, 0.717) is 22.4 Å². The maximum Gasteiger partial charge on any atom is 0.274 e. The largest absolute Gasteiger partial charge is 0.493 e. The summed E-state index contributed by atoms with van der Waals surface area (Å²) in [5.74, 6) is -0.996. The van der Waals surface area contributed by atoms with Crippen LogP contribution in [0.2, 0.25) is 5.02 Å². The van der Waals surface area contributed by atoms with Crippen LogP contribution in [0.1, 0.15) is 32.6 Å². The highest BCUT2D eigenvalue weighted by Gasteiger charge is 2.14. The smallest absolute Gasteiger partial charge is 0.274 e. The van der Waals surface area contributed by atoms with Crippen molar-refractivity contribution in [3.05, 3.63) is 93.3 Å². The van der Waals surface area contributed by atoms with E-state index < -0.39 is 11.7 Å². The Kier molecular flexibility index (Phi) is 7.59. The molecular formula is C24H16ClFN4O3. The number of nitrogens with zero attached hydrogens (tertiary/aromatic N) is 3. The normalized spacial score (nSPS) is 10.3. The minimum Gasteiger partial charge on any atom is -0.493 e. The molecule has 0 fully saturated rings. The topological polar surface area (TPSA) is 108 Å². The predicted molar refractivity (Wildman–Crippen MR) is 120 cm³/mol. The maximum atomic E-state index is 13.9. The van der Waals surface area contributed by atoms with E-state index in [1.807, 2.05) is 0 Å². The SMILES string of the molecule is COc1cc(/C=N\NC(=O)c2ccc(C#N)cc2F)cc(Cl)c1OCc1ccccc1C#N. The van der Waals surface area contributed by atoms with Crippen LogP contribution in [-0.4, -0.2) is 19.2 Å². The van der Waals surface area contributed by atoms with Crippen LogP contribution in [0.3, 0.4) is 0 Å². The Morgan fingerprint density at radius 3 is 2.67 bits per heavy atom. The molecule has 9 heteroatoms. The van der Waals surface area contributed by atoms with Crippen LogP contribution in [0.4, 0.5) is 4.39 Å². The number of methoxy groups -OCH3 is 1. The standard InChI is InChI=1S/C24H16ClFN4O3/c1-32-22-10-16(13-29-30-24(31)19-7-6-15(11-27)9-21(19)26)8-20(25)23(22)33-14-18-5-3-2-4-17(18)12-28/h2-10,13H,14H2,1H3,(H,30,31)/b29-13-. The molecule has 3 rings (SSSR count). The lowest BCUT2D eigenvalue weighted by Crippen LogP contribution is -2.19. The molecule has 0 radical (unpaired) electrons. The summed E-state index contributed by atoms with van der Waals surface area (Å²) in [4.78, 5) is 12.1. The third-order valence-corrected chi connectivity index (χ3v) is 4.76. The molecule has 164 valence electrons. The number of hydrogen-bond donors (Lipinski definition) is 1. The fourth-order valence-corrected chi connectivity index (χ4v) is 3.13. The zero-order chi connectivity index (χ0) is 23.8. The number of benzene rings is 3. The Hall–Kier alpha value is -4.40. The first-order chi connectivity index (χ1) is 16.0. The molecule has 0 heterocycles. The lowest BCUT2D eigenvalue weighted by Gasteiger charge is -2.14. The van der Waals surface area contributed by atoms with Gasteiger partial charge in [-0.3, -0.25) is 4.79 Å². The van der Waals surface area contributed by atoms with Crippen molar-refractivity contribution in [3.63, 3.8) is 0 Å². The number of nitrogens with one attached hydrogen (secondary N) is 1. The van der Waals surface area contributed by atoms with Gasteiger partial charge in [-0.1, -0.05) is 29.8 Å². The summed E-state index contributed by atoms with van der Waals surface area (Å²) >= 11 is 6.34. The lowest BCUT2D eigenvalue weighted by molar-refractivity contribution is 0.0951. The Balaban J connectivity index is 1.72. The van der Waals surface area contributed by atoms with Crippen LogP contribution in [-0.2, 0) is 6.61 Å². The minimum atomic E-state index is -0.828. The van der Waals surface area contributed by atoms with Gasteiger partial charge in [0.25, 0.3) is 5.91 Å². The molecule has 7 nitrogen and oxygen atoms in total. The minimum absolute atomic E-state index is 0.104. The van der Waals surface area contributed by atoms with Crippen LogP contribution in [0.5, 0.6) is 11.5 Å².